The molecule has 1 aliphatic rings. The summed E-state index contributed by atoms with van der Waals surface area (Å²) in [6, 6.07) is 0.0134. The van der Waals surface area contributed by atoms with Crippen LogP contribution in [0.5, 0.6) is 0 Å². The van der Waals surface area contributed by atoms with E-state index in [2.05, 4.69) is 24.3 Å². The third kappa shape index (κ3) is 2.86. The predicted molar refractivity (Wildman–Crippen MR) is 79.5 cm³/mol. The van der Waals surface area contributed by atoms with Crippen molar-refractivity contribution in [3.05, 3.63) is 28.1 Å². The van der Waals surface area contributed by atoms with Crippen LogP contribution in [0.3, 0.4) is 0 Å². The van der Waals surface area contributed by atoms with Gasteiger partial charge in [0.15, 0.2) is 0 Å². The third-order valence-corrected chi connectivity index (χ3v) is 4.28. The lowest BCUT2D eigenvalue weighted by atomic mass is 10.0. The van der Waals surface area contributed by atoms with E-state index in [-0.39, 0.29) is 6.03 Å². The van der Waals surface area contributed by atoms with Gasteiger partial charge in [0.05, 0.1) is 5.69 Å². The molecule has 110 valence electrons. The predicted octanol–water partition coefficient (Wildman–Crippen LogP) is 2.29. The second-order valence-corrected chi connectivity index (χ2v) is 5.66. The molecule has 0 saturated heterocycles. The van der Waals surface area contributed by atoms with Crippen LogP contribution in [0.25, 0.3) is 0 Å². The Labute approximate surface area is 120 Å². The Bertz CT molecular complexity index is 556. The van der Waals surface area contributed by atoms with Crippen LogP contribution in [0.4, 0.5) is 4.79 Å². The maximum atomic E-state index is 12.2. The van der Waals surface area contributed by atoms with Gasteiger partial charge < -0.3 is 10.2 Å². The summed E-state index contributed by atoms with van der Waals surface area (Å²) >= 11 is 0. The standard InChI is InChI=1S/C15H24N4O/c1-10-6-7-19(9-11(10)2)15(20)16-8-14-12(3)17-18(5)13(14)4/h6-9H2,1-5H3,(H,16,20). The van der Waals surface area contributed by atoms with Gasteiger partial charge in [0.2, 0.25) is 0 Å². The van der Waals surface area contributed by atoms with Crippen molar-refractivity contribution < 1.29 is 4.79 Å². The van der Waals surface area contributed by atoms with Crippen LogP contribution in [-0.4, -0.2) is 33.8 Å². The quantitative estimate of drug-likeness (QED) is 0.843. The smallest absolute Gasteiger partial charge is 0.317 e. The number of aryl methyl sites for hydroxylation is 2. The van der Waals surface area contributed by atoms with Gasteiger partial charge in [-0.2, -0.15) is 5.10 Å². The SMILES string of the molecule is CC1=C(C)CN(C(=O)NCc2c(C)nn(C)c2C)CC1. The Morgan fingerprint density at radius 1 is 1.25 bits per heavy atom. The van der Waals surface area contributed by atoms with Crippen LogP contribution >= 0.6 is 0 Å². The van der Waals surface area contributed by atoms with Gasteiger partial charge in [-0.15, -0.1) is 0 Å². The molecule has 2 rings (SSSR count). The number of hydrogen-bond donors (Lipinski definition) is 1. The summed E-state index contributed by atoms with van der Waals surface area (Å²) in [7, 11) is 1.93. The minimum absolute atomic E-state index is 0.0134. The summed E-state index contributed by atoms with van der Waals surface area (Å²) < 4.78 is 1.86. The third-order valence-electron chi connectivity index (χ3n) is 4.28. The monoisotopic (exact) mass is 276 g/mol. The lowest BCUT2D eigenvalue weighted by Gasteiger charge is -2.28. The number of aromatic nitrogens is 2. The number of rotatable bonds is 2. The number of amides is 2. The number of carbonyl (C=O) groups excluding carboxylic acids is 1. The number of nitrogens with one attached hydrogen (secondary N) is 1. The first-order chi connectivity index (χ1) is 9.40. The van der Waals surface area contributed by atoms with Gasteiger partial charge in [-0.25, -0.2) is 4.79 Å². The molecule has 5 nitrogen and oxygen atoms in total. The van der Waals surface area contributed by atoms with Crippen molar-refractivity contribution in [3.63, 3.8) is 0 Å². The zero-order valence-corrected chi connectivity index (χ0v) is 13.1. The molecule has 0 bridgehead atoms. The van der Waals surface area contributed by atoms with E-state index < -0.39 is 0 Å². The first-order valence-corrected chi connectivity index (χ1v) is 7.07. The van der Waals surface area contributed by atoms with Gasteiger partial charge in [0.25, 0.3) is 0 Å². The van der Waals surface area contributed by atoms with E-state index in [0.29, 0.717) is 6.54 Å². The Kier molecular flexibility index (Phi) is 4.16. The topological polar surface area (TPSA) is 50.2 Å². The van der Waals surface area contributed by atoms with Crippen LogP contribution in [0.1, 0.15) is 37.2 Å². The average Bonchev–Trinajstić information content (AvgIpc) is 2.64. The number of nitrogens with zero attached hydrogens (tertiary/aromatic N) is 3. The molecule has 1 N–H and O–H groups in total. The lowest BCUT2D eigenvalue weighted by molar-refractivity contribution is 0.199. The normalized spacial score (nSPS) is 15.8. The fourth-order valence-electron chi connectivity index (χ4n) is 2.54. The molecule has 20 heavy (non-hydrogen) atoms. The summed E-state index contributed by atoms with van der Waals surface area (Å²) in [6.07, 6.45) is 0.976. The van der Waals surface area contributed by atoms with Crippen LogP contribution in [0, 0.1) is 13.8 Å². The molecule has 2 heterocycles. The fourth-order valence-corrected chi connectivity index (χ4v) is 2.54. The highest BCUT2D eigenvalue weighted by atomic mass is 16.2. The van der Waals surface area contributed by atoms with Crippen molar-refractivity contribution in [2.45, 2.75) is 40.7 Å². The zero-order chi connectivity index (χ0) is 14.9. The molecule has 0 aromatic carbocycles. The first kappa shape index (κ1) is 14.6. The van der Waals surface area contributed by atoms with E-state index in [1.54, 1.807) is 0 Å². The largest absolute Gasteiger partial charge is 0.334 e. The molecule has 2 amide bonds. The highest BCUT2D eigenvalue weighted by Crippen LogP contribution is 2.17. The van der Waals surface area contributed by atoms with Crippen molar-refractivity contribution in [1.82, 2.24) is 20.0 Å². The molecule has 0 unspecified atom stereocenters. The molecule has 0 aliphatic carbocycles. The molecule has 0 saturated carbocycles. The van der Waals surface area contributed by atoms with Crippen LogP contribution in [0.15, 0.2) is 11.1 Å². The van der Waals surface area contributed by atoms with Crippen molar-refractivity contribution in [3.8, 4) is 0 Å². The van der Waals surface area contributed by atoms with E-state index in [1.165, 1.54) is 11.1 Å². The summed E-state index contributed by atoms with van der Waals surface area (Å²) in [6.45, 7) is 10.3. The van der Waals surface area contributed by atoms with Gasteiger partial charge in [-0.3, -0.25) is 4.68 Å². The fraction of sp³-hybridized carbons (Fsp3) is 0.600. The van der Waals surface area contributed by atoms with E-state index in [4.69, 9.17) is 0 Å². The Balaban J connectivity index is 1.96. The second-order valence-electron chi connectivity index (χ2n) is 5.66. The van der Waals surface area contributed by atoms with Gasteiger partial charge in [0.1, 0.15) is 0 Å². The van der Waals surface area contributed by atoms with Crippen molar-refractivity contribution in [2.24, 2.45) is 7.05 Å². The molecular weight excluding hydrogens is 252 g/mol. The molecule has 1 aromatic rings. The van der Waals surface area contributed by atoms with Crippen molar-refractivity contribution in [1.29, 1.82) is 0 Å². The number of carbonyl (C=O) groups is 1. The Morgan fingerprint density at radius 2 is 1.95 bits per heavy atom. The van der Waals surface area contributed by atoms with Crippen molar-refractivity contribution in [2.75, 3.05) is 13.1 Å². The second kappa shape index (κ2) is 5.69. The highest BCUT2D eigenvalue weighted by Gasteiger charge is 2.19. The number of urea groups is 1. The minimum Gasteiger partial charge on any atom is -0.334 e. The summed E-state index contributed by atoms with van der Waals surface area (Å²) in [5.74, 6) is 0. The molecule has 1 aliphatic heterocycles. The molecule has 0 atom stereocenters. The van der Waals surface area contributed by atoms with Gasteiger partial charge in [-0.05, 0) is 34.1 Å². The van der Waals surface area contributed by atoms with E-state index >= 15 is 0 Å². The van der Waals surface area contributed by atoms with E-state index in [0.717, 1.165) is 36.5 Å². The lowest BCUT2D eigenvalue weighted by Crippen LogP contribution is -2.43. The molecular formula is C15H24N4O. The van der Waals surface area contributed by atoms with Gasteiger partial charge in [0, 0.05) is 37.9 Å². The van der Waals surface area contributed by atoms with Crippen LogP contribution in [0.2, 0.25) is 0 Å². The molecule has 0 fully saturated rings. The molecule has 0 spiro atoms. The van der Waals surface area contributed by atoms with Crippen molar-refractivity contribution >= 4 is 6.03 Å². The Morgan fingerprint density at radius 3 is 2.50 bits per heavy atom. The van der Waals surface area contributed by atoms with Gasteiger partial charge in [-0.1, -0.05) is 11.1 Å². The Hall–Kier alpha value is -1.78. The van der Waals surface area contributed by atoms with Crippen LogP contribution < -0.4 is 5.32 Å². The summed E-state index contributed by atoms with van der Waals surface area (Å²) in [4.78, 5) is 14.1. The van der Waals surface area contributed by atoms with Gasteiger partial charge >= 0.3 is 6.03 Å². The first-order valence-electron chi connectivity index (χ1n) is 7.07. The highest BCUT2D eigenvalue weighted by molar-refractivity contribution is 5.74. The molecule has 1 aromatic heterocycles. The average molecular weight is 276 g/mol. The molecule has 0 radical (unpaired) electrons. The zero-order valence-electron chi connectivity index (χ0n) is 13.1. The summed E-state index contributed by atoms with van der Waals surface area (Å²) in [5.41, 5.74) is 5.92. The maximum absolute atomic E-state index is 12.2. The minimum atomic E-state index is 0.0134. The summed E-state index contributed by atoms with van der Waals surface area (Å²) in [5, 5.41) is 7.38. The molecule has 5 heteroatoms. The maximum Gasteiger partial charge on any atom is 0.317 e. The number of hydrogen-bond acceptors (Lipinski definition) is 2. The van der Waals surface area contributed by atoms with Crippen LogP contribution in [-0.2, 0) is 13.6 Å². The van der Waals surface area contributed by atoms with E-state index in [9.17, 15) is 4.79 Å². The van der Waals surface area contributed by atoms with E-state index in [1.807, 2.05) is 30.5 Å².